The lowest BCUT2D eigenvalue weighted by atomic mass is 10.1. The number of likely N-dealkylation sites (tertiary alicyclic amines) is 1. The largest absolute Gasteiger partial charge is 0.313 e. The molecule has 0 aromatic rings. The smallest absolute Gasteiger partial charge is 0.0236 e. The quantitative estimate of drug-likeness (QED) is 0.792. The first-order valence-corrected chi connectivity index (χ1v) is 8.44. The Morgan fingerprint density at radius 1 is 1.21 bits per heavy atom. The zero-order valence-electron chi connectivity index (χ0n) is 12.8. The van der Waals surface area contributed by atoms with Gasteiger partial charge in [0.2, 0.25) is 0 Å². The third-order valence-corrected chi connectivity index (χ3v) is 4.99. The van der Waals surface area contributed by atoms with Crippen LogP contribution in [0.3, 0.4) is 0 Å². The summed E-state index contributed by atoms with van der Waals surface area (Å²) in [5, 5.41) is 3.67. The summed E-state index contributed by atoms with van der Waals surface area (Å²) in [6.07, 6.45) is 7.07. The van der Waals surface area contributed by atoms with Gasteiger partial charge in [-0.05, 0) is 44.6 Å². The molecule has 0 bridgehead atoms. The Labute approximate surface area is 118 Å². The second-order valence-corrected chi connectivity index (χ2v) is 7.31. The van der Waals surface area contributed by atoms with Crippen molar-refractivity contribution in [3.63, 3.8) is 0 Å². The van der Waals surface area contributed by atoms with Crippen molar-refractivity contribution < 1.29 is 0 Å². The Balaban J connectivity index is 1.54. The minimum Gasteiger partial charge on any atom is -0.313 e. The maximum absolute atomic E-state index is 3.67. The molecule has 2 atom stereocenters. The fraction of sp³-hybridized carbons (Fsp3) is 1.00. The summed E-state index contributed by atoms with van der Waals surface area (Å²) in [7, 11) is 0. The van der Waals surface area contributed by atoms with E-state index in [1.54, 1.807) is 0 Å². The molecule has 2 heterocycles. The van der Waals surface area contributed by atoms with Crippen molar-refractivity contribution >= 4 is 0 Å². The van der Waals surface area contributed by atoms with Crippen molar-refractivity contribution in [1.82, 2.24) is 15.1 Å². The van der Waals surface area contributed by atoms with E-state index in [9.17, 15) is 0 Å². The number of nitrogens with one attached hydrogen (secondary N) is 1. The third-order valence-electron chi connectivity index (χ3n) is 4.99. The van der Waals surface area contributed by atoms with E-state index in [1.807, 2.05) is 0 Å². The summed E-state index contributed by atoms with van der Waals surface area (Å²) >= 11 is 0. The average Bonchev–Trinajstić information content (AvgIpc) is 2.91. The van der Waals surface area contributed by atoms with Crippen LogP contribution < -0.4 is 5.32 Å². The zero-order valence-corrected chi connectivity index (χ0v) is 12.8. The van der Waals surface area contributed by atoms with Crippen molar-refractivity contribution in [2.24, 2.45) is 5.92 Å². The highest BCUT2D eigenvalue weighted by Crippen LogP contribution is 2.31. The number of rotatable bonds is 6. The van der Waals surface area contributed by atoms with Crippen LogP contribution in [0, 0.1) is 5.92 Å². The highest BCUT2D eigenvalue weighted by Gasteiger charge is 2.37. The summed E-state index contributed by atoms with van der Waals surface area (Å²) in [5.74, 6) is 0.788. The lowest BCUT2D eigenvalue weighted by molar-refractivity contribution is 0.158. The van der Waals surface area contributed by atoms with Crippen LogP contribution in [0.2, 0.25) is 0 Å². The van der Waals surface area contributed by atoms with Crippen molar-refractivity contribution in [2.45, 2.75) is 64.1 Å². The van der Waals surface area contributed by atoms with E-state index in [0.717, 1.165) is 24.0 Å². The molecule has 3 nitrogen and oxygen atoms in total. The fourth-order valence-electron chi connectivity index (χ4n) is 3.87. The molecular weight excluding hydrogens is 234 g/mol. The summed E-state index contributed by atoms with van der Waals surface area (Å²) in [6, 6.07) is 2.54. The molecule has 3 aliphatic rings. The topological polar surface area (TPSA) is 18.5 Å². The first kappa shape index (κ1) is 13.8. The van der Waals surface area contributed by atoms with E-state index in [2.05, 4.69) is 29.0 Å². The van der Waals surface area contributed by atoms with Crippen molar-refractivity contribution in [1.29, 1.82) is 0 Å². The molecule has 1 N–H and O–H groups in total. The van der Waals surface area contributed by atoms with Crippen molar-refractivity contribution in [2.75, 3.05) is 32.7 Å². The van der Waals surface area contributed by atoms with Gasteiger partial charge in [0.15, 0.2) is 0 Å². The monoisotopic (exact) mass is 265 g/mol. The van der Waals surface area contributed by atoms with Gasteiger partial charge in [-0.1, -0.05) is 13.8 Å². The summed E-state index contributed by atoms with van der Waals surface area (Å²) in [6.45, 7) is 11.2. The van der Waals surface area contributed by atoms with Gasteiger partial charge in [-0.25, -0.2) is 0 Å². The molecule has 0 spiro atoms. The molecule has 1 aliphatic carbocycles. The molecule has 3 heteroatoms. The van der Waals surface area contributed by atoms with Crippen molar-refractivity contribution in [3.8, 4) is 0 Å². The molecule has 110 valence electrons. The van der Waals surface area contributed by atoms with Gasteiger partial charge < -0.3 is 5.32 Å². The molecule has 19 heavy (non-hydrogen) atoms. The van der Waals surface area contributed by atoms with Crippen LogP contribution in [0.25, 0.3) is 0 Å². The maximum Gasteiger partial charge on any atom is 0.0236 e. The summed E-state index contributed by atoms with van der Waals surface area (Å²) in [4.78, 5) is 5.55. The Morgan fingerprint density at radius 3 is 2.68 bits per heavy atom. The number of hydrogen-bond acceptors (Lipinski definition) is 3. The van der Waals surface area contributed by atoms with Crippen molar-refractivity contribution in [3.05, 3.63) is 0 Å². The second-order valence-electron chi connectivity index (χ2n) is 7.31. The highest BCUT2D eigenvalue weighted by atomic mass is 15.3. The standard InChI is InChI=1S/C16H31N3/c1-13(2)10-19(11-14-4-3-8-17-14)16-7-9-18(12-16)15-5-6-15/h13-17H,3-12H2,1-2H3. The van der Waals surface area contributed by atoms with Gasteiger partial charge in [-0.3, -0.25) is 9.80 Å². The molecule has 1 saturated carbocycles. The van der Waals surface area contributed by atoms with Crippen LogP contribution in [-0.4, -0.2) is 60.6 Å². The summed E-state index contributed by atoms with van der Waals surface area (Å²) in [5.41, 5.74) is 0. The molecule has 2 saturated heterocycles. The van der Waals surface area contributed by atoms with Crippen LogP contribution in [-0.2, 0) is 0 Å². The van der Waals surface area contributed by atoms with Gasteiger partial charge in [0, 0.05) is 44.3 Å². The van der Waals surface area contributed by atoms with Crippen LogP contribution in [0.1, 0.15) is 46.0 Å². The molecule has 0 radical (unpaired) electrons. The average molecular weight is 265 g/mol. The Morgan fingerprint density at radius 2 is 2.05 bits per heavy atom. The molecular formula is C16H31N3. The zero-order chi connectivity index (χ0) is 13.2. The lowest BCUT2D eigenvalue weighted by Gasteiger charge is -2.33. The Kier molecular flexibility index (Phi) is 4.45. The Bertz CT molecular complexity index is 282. The third kappa shape index (κ3) is 3.71. The molecule has 3 fully saturated rings. The van der Waals surface area contributed by atoms with E-state index >= 15 is 0 Å². The normalized spacial score (nSPS) is 32.8. The maximum atomic E-state index is 3.67. The minimum atomic E-state index is 0.758. The van der Waals surface area contributed by atoms with Gasteiger partial charge in [0.1, 0.15) is 0 Å². The van der Waals surface area contributed by atoms with E-state index < -0.39 is 0 Å². The SMILES string of the molecule is CC(C)CN(CC1CCCN1)C1CCN(C2CC2)C1. The molecule has 0 aromatic carbocycles. The predicted molar refractivity (Wildman–Crippen MR) is 80.4 cm³/mol. The number of nitrogens with zero attached hydrogens (tertiary/aromatic N) is 2. The Hall–Kier alpha value is -0.120. The second kappa shape index (κ2) is 6.11. The van der Waals surface area contributed by atoms with Gasteiger partial charge in [0.25, 0.3) is 0 Å². The lowest BCUT2D eigenvalue weighted by Crippen LogP contribution is -2.46. The molecule has 2 unspecified atom stereocenters. The van der Waals surface area contributed by atoms with E-state index in [4.69, 9.17) is 0 Å². The van der Waals surface area contributed by atoms with E-state index in [-0.39, 0.29) is 0 Å². The van der Waals surface area contributed by atoms with Gasteiger partial charge >= 0.3 is 0 Å². The molecule has 2 aliphatic heterocycles. The van der Waals surface area contributed by atoms with E-state index in [0.29, 0.717) is 0 Å². The van der Waals surface area contributed by atoms with Crippen LogP contribution in [0.15, 0.2) is 0 Å². The fourth-order valence-corrected chi connectivity index (χ4v) is 3.87. The first-order valence-electron chi connectivity index (χ1n) is 8.44. The van der Waals surface area contributed by atoms with E-state index in [1.165, 1.54) is 64.8 Å². The summed E-state index contributed by atoms with van der Waals surface area (Å²) < 4.78 is 0. The van der Waals surface area contributed by atoms with Crippen LogP contribution >= 0.6 is 0 Å². The molecule has 0 amide bonds. The van der Waals surface area contributed by atoms with Gasteiger partial charge in [0.05, 0.1) is 0 Å². The highest BCUT2D eigenvalue weighted by molar-refractivity contribution is 4.94. The van der Waals surface area contributed by atoms with Crippen LogP contribution in [0.4, 0.5) is 0 Å². The number of hydrogen-bond donors (Lipinski definition) is 1. The first-order chi connectivity index (χ1) is 9.22. The molecule has 0 aromatic heterocycles. The predicted octanol–water partition coefficient (Wildman–Crippen LogP) is 1.93. The van der Waals surface area contributed by atoms with Gasteiger partial charge in [-0.2, -0.15) is 0 Å². The van der Waals surface area contributed by atoms with Crippen LogP contribution in [0.5, 0.6) is 0 Å². The minimum absolute atomic E-state index is 0.758. The molecule has 3 rings (SSSR count). The van der Waals surface area contributed by atoms with Gasteiger partial charge in [-0.15, -0.1) is 0 Å².